The van der Waals surface area contributed by atoms with Crippen molar-refractivity contribution in [3.63, 3.8) is 0 Å². The van der Waals surface area contributed by atoms with Gasteiger partial charge in [0, 0.05) is 31.4 Å². The van der Waals surface area contributed by atoms with Crippen molar-refractivity contribution in [1.82, 2.24) is 4.57 Å². The van der Waals surface area contributed by atoms with Crippen LogP contribution in [0.15, 0.2) is 48.7 Å². The first-order valence-corrected chi connectivity index (χ1v) is 8.15. The average molecular weight is 480 g/mol. The lowest BCUT2D eigenvalue weighted by atomic mass is 10.3. The van der Waals surface area contributed by atoms with Crippen LogP contribution in [0, 0.1) is 0 Å². The molecule has 1 amide bonds. The summed E-state index contributed by atoms with van der Waals surface area (Å²) in [4.78, 5) is 23.7. The molecule has 0 fully saturated rings. The minimum atomic E-state index is -0.327. The molecule has 0 saturated carbocycles. The second kappa shape index (κ2) is 6.76. The topological polar surface area (TPSA) is 77.1 Å². The fourth-order valence-electron chi connectivity index (χ4n) is 1.67. The number of halogens is 3. The number of nitrogens with zero attached hydrogens (tertiary/aromatic N) is 1. The predicted molar refractivity (Wildman–Crippen MR) is 93.3 cm³/mol. The number of nitrogens with two attached hydrogens (primary N) is 1. The Balaban J connectivity index is 2.19. The lowest BCUT2D eigenvalue weighted by molar-refractivity contribution is -0.116. The van der Waals surface area contributed by atoms with E-state index in [-0.39, 0.29) is 18.0 Å². The van der Waals surface area contributed by atoms with Crippen molar-refractivity contribution in [2.45, 2.75) is 6.54 Å². The van der Waals surface area contributed by atoms with Gasteiger partial charge in [-0.25, -0.2) is 0 Å². The molecule has 0 saturated heterocycles. The van der Waals surface area contributed by atoms with Gasteiger partial charge in [0.1, 0.15) is 6.54 Å². The number of hydrogen-bond donors (Lipinski definition) is 2. The molecule has 5 nitrogen and oxygen atoms in total. The molecule has 0 aliphatic heterocycles. The summed E-state index contributed by atoms with van der Waals surface area (Å²) in [7, 11) is 0. The molecular formula is C13H10Br3N3O2. The molecule has 0 unspecified atom stereocenters. The number of rotatable bonds is 3. The van der Waals surface area contributed by atoms with Gasteiger partial charge in [0.15, 0.2) is 0 Å². The van der Waals surface area contributed by atoms with Crippen LogP contribution >= 0.6 is 47.8 Å². The first-order chi connectivity index (χ1) is 9.86. The van der Waals surface area contributed by atoms with Gasteiger partial charge in [-0.2, -0.15) is 0 Å². The molecule has 8 heteroatoms. The number of anilines is 2. The molecule has 21 heavy (non-hydrogen) atoms. The highest BCUT2D eigenvalue weighted by Gasteiger charge is 2.11. The third kappa shape index (κ3) is 4.18. The van der Waals surface area contributed by atoms with Crippen LogP contribution in [0.2, 0.25) is 0 Å². The Morgan fingerprint density at radius 1 is 1.19 bits per heavy atom. The number of carbonyl (C=O) groups excluding carboxylic acids is 1. The van der Waals surface area contributed by atoms with E-state index in [1.807, 2.05) is 12.1 Å². The van der Waals surface area contributed by atoms with E-state index < -0.39 is 0 Å². The molecule has 1 aromatic carbocycles. The minimum Gasteiger partial charge on any atom is -0.398 e. The zero-order valence-corrected chi connectivity index (χ0v) is 15.3. The first-order valence-electron chi connectivity index (χ1n) is 5.77. The van der Waals surface area contributed by atoms with E-state index in [1.54, 1.807) is 0 Å². The van der Waals surface area contributed by atoms with Gasteiger partial charge in [0.25, 0.3) is 5.56 Å². The fourth-order valence-corrected chi connectivity index (χ4v) is 4.13. The highest BCUT2D eigenvalue weighted by atomic mass is 79.9. The van der Waals surface area contributed by atoms with E-state index in [4.69, 9.17) is 5.73 Å². The van der Waals surface area contributed by atoms with Crippen LogP contribution in [0.5, 0.6) is 0 Å². The lowest BCUT2D eigenvalue weighted by Gasteiger charge is -2.11. The van der Waals surface area contributed by atoms with Crippen LogP contribution in [0.3, 0.4) is 0 Å². The van der Waals surface area contributed by atoms with Gasteiger partial charge < -0.3 is 15.6 Å². The van der Waals surface area contributed by atoms with Crippen molar-refractivity contribution in [2.75, 3.05) is 11.1 Å². The van der Waals surface area contributed by atoms with Crippen molar-refractivity contribution in [2.24, 2.45) is 0 Å². The lowest BCUT2D eigenvalue weighted by Crippen LogP contribution is -2.27. The molecule has 0 aliphatic carbocycles. The third-order valence-electron chi connectivity index (χ3n) is 2.59. The monoisotopic (exact) mass is 477 g/mol. The van der Waals surface area contributed by atoms with E-state index >= 15 is 0 Å². The number of aromatic nitrogens is 1. The number of hydrogen-bond acceptors (Lipinski definition) is 3. The molecule has 0 aliphatic rings. The van der Waals surface area contributed by atoms with Crippen LogP contribution in [-0.4, -0.2) is 10.5 Å². The second-order valence-electron chi connectivity index (χ2n) is 4.22. The summed E-state index contributed by atoms with van der Waals surface area (Å²) in [5.74, 6) is -0.327. The highest BCUT2D eigenvalue weighted by molar-refractivity contribution is 9.11. The van der Waals surface area contributed by atoms with Gasteiger partial charge >= 0.3 is 0 Å². The van der Waals surface area contributed by atoms with E-state index in [9.17, 15) is 9.59 Å². The number of benzene rings is 1. The highest BCUT2D eigenvalue weighted by Crippen LogP contribution is 2.34. The third-order valence-corrected chi connectivity index (χ3v) is 4.30. The predicted octanol–water partition coefficient (Wildman–Crippen LogP) is 3.36. The van der Waals surface area contributed by atoms with E-state index in [0.717, 1.165) is 13.4 Å². The van der Waals surface area contributed by atoms with Gasteiger partial charge in [-0.15, -0.1) is 0 Å². The second-order valence-corrected chi connectivity index (χ2v) is 6.85. The van der Waals surface area contributed by atoms with Crippen LogP contribution in [-0.2, 0) is 11.3 Å². The summed E-state index contributed by atoms with van der Waals surface area (Å²) in [6.45, 7) is -0.112. The zero-order chi connectivity index (χ0) is 15.6. The molecular weight excluding hydrogens is 470 g/mol. The van der Waals surface area contributed by atoms with E-state index in [1.165, 1.54) is 22.9 Å². The normalized spacial score (nSPS) is 10.4. The van der Waals surface area contributed by atoms with Crippen LogP contribution in [0.1, 0.15) is 0 Å². The molecule has 0 bridgehead atoms. The van der Waals surface area contributed by atoms with E-state index in [0.29, 0.717) is 11.4 Å². The molecule has 110 valence electrons. The molecule has 0 spiro atoms. The van der Waals surface area contributed by atoms with Gasteiger partial charge in [0.05, 0.1) is 5.69 Å². The van der Waals surface area contributed by atoms with Crippen molar-refractivity contribution >= 4 is 65.1 Å². The maximum Gasteiger partial charge on any atom is 0.251 e. The largest absolute Gasteiger partial charge is 0.398 e. The Hall–Kier alpha value is -1.12. The summed E-state index contributed by atoms with van der Waals surface area (Å²) in [6.07, 6.45) is 1.44. The summed E-state index contributed by atoms with van der Waals surface area (Å²) in [5.41, 5.74) is 6.35. The zero-order valence-electron chi connectivity index (χ0n) is 10.6. The number of nitrogens with one attached hydrogen (secondary N) is 1. The van der Waals surface area contributed by atoms with Crippen LogP contribution < -0.4 is 16.6 Å². The summed E-state index contributed by atoms with van der Waals surface area (Å²) in [6, 6.07) is 6.45. The van der Waals surface area contributed by atoms with Gasteiger partial charge in [-0.3, -0.25) is 9.59 Å². The first kappa shape index (κ1) is 16.3. The Kier molecular flexibility index (Phi) is 5.23. The Labute approximate surface area is 145 Å². The maximum atomic E-state index is 12.1. The van der Waals surface area contributed by atoms with Crippen molar-refractivity contribution < 1.29 is 4.79 Å². The maximum absolute atomic E-state index is 12.1. The minimum absolute atomic E-state index is 0.112. The molecule has 3 N–H and O–H groups in total. The Bertz CT molecular complexity index is 736. The number of carbonyl (C=O) groups is 1. The quantitative estimate of drug-likeness (QED) is 0.708. The molecule has 2 rings (SSSR count). The summed E-state index contributed by atoms with van der Waals surface area (Å²) in [5, 5.41) is 2.75. The van der Waals surface area contributed by atoms with Crippen LogP contribution in [0.25, 0.3) is 0 Å². The molecule has 1 heterocycles. The average Bonchev–Trinajstić information content (AvgIpc) is 2.38. The van der Waals surface area contributed by atoms with Crippen molar-refractivity contribution in [3.05, 3.63) is 54.2 Å². The molecule has 2 aromatic rings. The molecule has 0 radical (unpaired) electrons. The number of pyridine rings is 1. The van der Waals surface area contributed by atoms with Crippen molar-refractivity contribution in [3.8, 4) is 0 Å². The number of amides is 1. The van der Waals surface area contributed by atoms with Gasteiger partial charge in [-0.1, -0.05) is 15.9 Å². The summed E-state index contributed by atoms with van der Waals surface area (Å²) >= 11 is 10.1. The Morgan fingerprint density at radius 2 is 1.81 bits per heavy atom. The molecule has 0 atom stereocenters. The van der Waals surface area contributed by atoms with Crippen LogP contribution in [0.4, 0.5) is 11.4 Å². The smallest absolute Gasteiger partial charge is 0.251 e. The molecule has 1 aromatic heterocycles. The van der Waals surface area contributed by atoms with E-state index in [2.05, 4.69) is 53.1 Å². The standard InChI is InChI=1S/C13H10Br3N3O2/c14-7-3-9(15)13(10(16)4-7)18-11(20)6-19-5-8(17)1-2-12(19)21/h1-5H,6,17H2,(H,18,20). The van der Waals surface area contributed by atoms with Gasteiger partial charge in [0.2, 0.25) is 5.91 Å². The van der Waals surface area contributed by atoms with Crippen molar-refractivity contribution in [1.29, 1.82) is 0 Å². The summed E-state index contributed by atoms with van der Waals surface area (Å²) < 4.78 is 3.56. The van der Waals surface area contributed by atoms with Gasteiger partial charge in [-0.05, 0) is 50.1 Å². The Morgan fingerprint density at radius 3 is 2.43 bits per heavy atom. The fraction of sp³-hybridized carbons (Fsp3) is 0.0769. The SMILES string of the molecule is Nc1ccc(=O)n(CC(=O)Nc2c(Br)cc(Br)cc2Br)c1. The number of nitrogen functional groups attached to an aromatic ring is 1.